The van der Waals surface area contributed by atoms with Gasteiger partial charge in [-0.1, -0.05) is 29.4 Å². The van der Waals surface area contributed by atoms with Gasteiger partial charge >= 0.3 is 0 Å². The van der Waals surface area contributed by atoms with Crippen molar-refractivity contribution in [1.29, 1.82) is 0 Å². The van der Waals surface area contributed by atoms with Crippen molar-refractivity contribution in [3.05, 3.63) is 45.1 Å². The fraction of sp³-hybridized carbons (Fsp3) is 0.250. The molecule has 0 bridgehead atoms. The zero-order valence-electron chi connectivity index (χ0n) is 12.8. The van der Waals surface area contributed by atoms with E-state index in [1.54, 1.807) is 11.9 Å². The maximum absolute atomic E-state index is 12.2. The number of thioether (sulfide) groups is 1. The highest BCUT2D eigenvalue weighted by atomic mass is 35.5. The lowest BCUT2D eigenvalue weighted by Crippen LogP contribution is -2.27. The first-order valence-electron chi connectivity index (χ1n) is 7.08. The van der Waals surface area contributed by atoms with Crippen LogP contribution in [0.4, 0.5) is 0 Å². The molecular weight excluding hydrogens is 350 g/mol. The summed E-state index contributed by atoms with van der Waals surface area (Å²) >= 11 is 8.84. The van der Waals surface area contributed by atoms with Crippen LogP contribution in [0.15, 0.2) is 35.5 Å². The first kappa shape index (κ1) is 16.4. The number of aryl methyl sites for hydroxylation is 1. The number of carbonyl (C=O) groups excluding carboxylic acids is 1. The smallest absolute Gasteiger partial charge is 0.233 e. The van der Waals surface area contributed by atoms with Crippen molar-refractivity contribution in [1.82, 2.24) is 14.9 Å². The molecule has 0 saturated heterocycles. The molecule has 1 amide bonds. The normalized spacial score (nSPS) is 11.1. The highest BCUT2D eigenvalue weighted by Gasteiger charge is 2.12. The summed E-state index contributed by atoms with van der Waals surface area (Å²) in [7, 11) is 1.80. The van der Waals surface area contributed by atoms with Gasteiger partial charge in [0.25, 0.3) is 0 Å². The van der Waals surface area contributed by atoms with Crippen LogP contribution in [-0.2, 0) is 11.3 Å². The van der Waals surface area contributed by atoms with Crippen molar-refractivity contribution in [2.24, 2.45) is 0 Å². The molecule has 0 radical (unpaired) electrons. The zero-order valence-corrected chi connectivity index (χ0v) is 15.2. The van der Waals surface area contributed by atoms with E-state index >= 15 is 0 Å². The van der Waals surface area contributed by atoms with Crippen LogP contribution in [0.2, 0.25) is 4.34 Å². The Kier molecular flexibility index (Phi) is 4.94. The van der Waals surface area contributed by atoms with E-state index in [4.69, 9.17) is 11.6 Å². The Morgan fingerprint density at radius 2 is 2.22 bits per heavy atom. The van der Waals surface area contributed by atoms with E-state index in [0.29, 0.717) is 12.3 Å². The molecule has 1 aromatic carbocycles. The van der Waals surface area contributed by atoms with Crippen LogP contribution in [0, 0.1) is 6.92 Å². The topological polar surface area (TPSA) is 49.0 Å². The first-order chi connectivity index (χ1) is 11.0. The summed E-state index contributed by atoms with van der Waals surface area (Å²) in [6.07, 6.45) is 0. The molecule has 0 aliphatic rings. The number of thiophene rings is 1. The number of aromatic nitrogens is 2. The monoisotopic (exact) mass is 365 g/mol. The number of benzene rings is 1. The van der Waals surface area contributed by atoms with Gasteiger partial charge in [-0.15, -0.1) is 11.3 Å². The molecule has 0 unspecified atom stereocenters. The highest BCUT2D eigenvalue weighted by molar-refractivity contribution is 7.99. The summed E-state index contributed by atoms with van der Waals surface area (Å²) in [5, 5.41) is 0.770. The lowest BCUT2D eigenvalue weighted by Gasteiger charge is -2.15. The van der Waals surface area contributed by atoms with Crippen molar-refractivity contribution >= 4 is 51.6 Å². The van der Waals surface area contributed by atoms with E-state index in [1.165, 1.54) is 28.7 Å². The summed E-state index contributed by atoms with van der Waals surface area (Å²) in [6.45, 7) is 2.62. The quantitative estimate of drug-likeness (QED) is 0.684. The Hall–Kier alpha value is -1.50. The number of amides is 1. The molecular formula is C16H16ClN3OS2. The van der Waals surface area contributed by atoms with Crippen molar-refractivity contribution in [3.63, 3.8) is 0 Å². The Bertz CT molecular complexity index is 843. The minimum Gasteiger partial charge on any atom is -0.340 e. The molecule has 2 heterocycles. The number of halogens is 1. The number of aromatic amines is 1. The standard InChI is InChI=1S/C16H16ClN3OS2/c1-10-3-5-12-13(7-10)19-16(18-12)22-9-15(21)20(2)8-11-4-6-14(17)23-11/h3-7H,8-9H2,1-2H3,(H,18,19). The number of H-pyrrole nitrogens is 1. The lowest BCUT2D eigenvalue weighted by molar-refractivity contribution is -0.127. The summed E-state index contributed by atoms with van der Waals surface area (Å²) in [5.41, 5.74) is 3.11. The van der Waals surface area contributed by atoms with Crippen molar-refractivity contribution in [3.8, 4) is 0 Å². The first-order valence-corrected chi connectivity index (χ1v) is 9.26. The van der Waals surface area contributed by atoms with E-state index in [0.717, 1.165) is 25.4 Å². The van der Waals surface area contributed by atoms with Crippen LogP contribution < -0.4 is 0 Å². The minimum absolute atomic E-state index is 0.0659. The molecule has 0 atom stereocenters. The van der Waals surface area contributed by atoms with Crippen molar-refractivity contribution in [2.75, 3.05) is 12.8 Å². The summed E-state index contributed by atoms with van der Waals surface area (Å²) < 4.78 is 0.743. The van der Waals surface area contributed by atoms with Gasteiger partial charge in [-0.2, -0.15) is 0 Å². The fourth-order valence-electron chi connectivity index (χ4n) is 2.17. The molecule has 0 aliphatic heterocycles. The Balaban J connectivity index is 1.58. The molecule has 23 heavy (non-hydrogen) atoms. The summed E-state index contributed by atoms with van der Waals surface area (Å²) in [4.78, 5) is 22.8. The van der Waals surface area contributed by atoms with Crippen LogP contribution in [0.3, 0.4) is 0 Å². The number of hydrogen-bond acceptors (Lipinski definition) is 4. The average molecular weight is 366 g/mol. The molecule has 3 aromatic rings. The maximum atomic E-state index is 12.2. The minimum atomic E-state index is 0.0659. The van der Waals surface area contributed by atoms with E-state index in [-0.39, 0.29) is 5.91 Å². The number of rotatable bonds is 5. The molecule has 120 valence electrons. The predicted molar refractivity (Wildman–Crippen MR) is 97.4 cm³/mol. The molecule has 0 aliphatic carbocycles. The van der Waals surface area contributed by atoms with Crippen molar-refractivity contribution < 1.29 is 4.79 Å². The Morgan fingerprint density at radius 1 is 1.39 bits per heavy atom. The van der Waals surface area contributed by atoms with Crippen molar-refractivity contribution in [2.45, 2.75) is 18.6 Å². The Labute approximate surface area is 147 Å². The third-order valence-corrected chi connectivity index (χ3v) is 5.47. The highest BCUT2D eigenvalue weighted by Crippen LogP contribution is 2.23. The maximum Gasteiger partial charge on any atom is 0.233 e. The van der Waals surface area contributed by atoms with E-state index in [1.807, 2.05) is 31.2 Å². The second-order valence-electron chi connectivity index (χ2n) is 5.31. The molecule has 0 spiro atoms. The molecule has 1 N–H and O–H groups in total. The average Bonchev–Trinajstić information content (AvgIpc) is 3.10. The molecule has 0 fully saturated rings. The van der Waals surface area contributed by atoms with Gasteiger partial charge in [0.05, 0.1) is 27.7 Å². The van der Waals surface area contributed by atoms with Gasteiger partial charge in [0.15, 0.2) is 5.16 Å². The zero-order chi connectivity index (χ0) is 16.4. The number of fused-ring (bicyclic) bond motifs is 1. The molecule has 3 rings (SSSR count). The van der Waals surface area contributed by atoms with E-state index in [9.17, 15) is 4.79 Å². The second kappa shape index (κ2) is 6.95. The van der Waals surface area contributed by atoms with Gasteiger partial charge in [0, 0.05) is 11.9 Å². The molecule has 4 nitrogen and oxygen atoms in total. The van der Waals surface area contributed by atoms with Gasteiger partial charge in [0.2, 0.25) is 5.91 Å². The SMILES string of the molecule is Cc1ccc2nc(SCC(=O)N(C)Cc3ccc(Cl)s3)[nH]c2c1. The van der Waals surface area contributed by atoms with Crippen LogP contribution in [0.5, 0.6) is 0 Å². The van der Waals surface area contributed by atoms with E-state index in [2.05, 4.69) is 16.0 Å². The number of nitrogens with one attached hydrogen (secondary N) is 1. The van der Waals surface area contributed by atoms with Gasteiger partial charge < -0.3 is 9.88 Å². The number of imidazole rings is 1. The third-order valence-electron chi connectivity index (χ3n) is 3.40. The summed E-state index contributed by atoms with van der Waals surface area (Å²) in [5.74, 6) is 0.421. The molecule has 7 heteroatoms. The largest absolute Gasteiger partial charge is 0.340 e. The van der Waals surface area contributed by atoms with Crippen LogP contribution in [0.25, 0.3) is 11.0 Å². The van der Waals surface area contributed by atoms with E-state index < -0.39 is 0 Å². The lowest BCUT2D eigenvalue weighted by atomic mass is 10.2. The van der Waals surface area contributed by atoms with Gasteiger partial charge in [-0.3, -0.25) is 4.79 Å². The van der Waals surface area contributed by atoms with Crippen LogP contribution in [0.1, 0.15) is 10.4 Å². The van der Waals surface area contributed by atoms with Crippen LogP contribution >= 0.6 is 34.7 Å². The van der Waals surface area contributed by atoms with Crippen LogP contribution in [-0.4, -0.2) is 33.6 Å². The number of hydrogen-bond donors (Lipinski definition) is 1. The second-order valence-corrected chi connectivity index (χ2v) is 8.07. The van der Waals surface area contributed by atoms with Gasteiger partial charge in [-0.25, -0.2) is 4.98 Å². The van der Waals surface area contributed by atoms with Gasteiger partial charge in [-0.05, 0) is 36.8 Å². The number of nitrogens with zero attached hydrogens (tertiary/aromatic N) is 2. The predicted octanol–water partition coefficient (Wildman–Crippen LogP) is 4.34. The molecule has 0 saturated carbocycles. The molecule has 2 aromatic heterocycles. The summed E-state index contributed by atoms with van der Waals surface area (Å²) in [6, 6.07) is 9.87. The van der Waals surface area contributed by atoms with Gasteiger partial charge in [0.1, 0.15) is 0 Å². The fourth-order valence-corrected chi connectivity index (χ4v) is 4.13. The Morgan fingerprint density at radius 3 is 2.96 bits per heavy atom. The number of carbonyl (C=O) groups is 1. The third kappa shape index (κ3) is 4.07.